The van der Waals surface area contributed by atoms with Crippen LogP contribution in [0.5, 0.6) is 5.75 Å². The predicted octanol–water partition coefficient (Wildman–Crippen LogP) is 3.22. The molecule has 0 spiro atoms. The molecule has 1 aliphatic rings. The molecule has 1 aliphatic heterocycles. The standard InChI is InChI=1S/C18H20N4O2S2/c1-24-14-6-3-5-12(9-14)15-7-4-8-21(15)11-13-10-16(23)22-17(19-13)26-18(20-22)25-2/h3,5-6,9-10,15H,4,7-8,11H2,1-2H3. The van der Waals surface area contributed by atoms with Crippen LogP contribution < -0.4 is 10.3 Å². The molecule has 1 fully saturated rings. The third-order valence-corrected chi connectivity index (χ3v) is 6.55. The predicted molar refractivity (Wildman–Crippen MR) is 104 cm³/mol. The van der Waals surface area contributed by atoms with Crippen LogP contribution in [0.3, 0.4) is 0 Å². The van der Waals surface area contributed by atoms with Crippen molar-refractivity contribution in [3.05, 3.63) is 51.9 Å². The first-order chi connectivity index (χ1) is 12.7. The Bertz CT molecular complexity index is 985. The summed E-state index contributed by atoms with van der Waals surface area (Å²) < 4.78 is 7.60. The van der Waals surface area contributed by atoms with Gasteiger partial charge in [-0.3, -0.25) is 9.69 Å². The quantitative estimate of drug-likeness (QED) is 0.626. The molecule has 4 rings (SSSR count). The Morgan fingerprint density at radius 1 is 1.38 bits per heavy atom. The third kappa shape index (κ3) is 3.36. The average Bonchev–Trinajstić information content (AvgIpc) is 3.28. The number of methoxy groups -OCH3 is 1. The number of thioether (sulfide) groups is 1. The second-order valence-corrected chi connectivity index (χ2v) is 8.27. The number of hydrogen-bond acceptors (Lipinski definition) is 7. The van der Waals surface area contributed by atoms with Crippen LogP contribution in [0.1, 0.15) is 30.1 Å². The van der Waals surface area contributed by atoms with E-state index >= 15 is 0 Å². The van der Waals surface area contributed by atoms with Crippen LogP contribution in [-0.4, -0.2) is 39.4 Å². The Labute approximate surface area is 159 Å². The number of aromatic nitrogens is 3. The highest BCUT2D eigenvalue weighted by atomic mass is 32.2. The van der Waals surface area contributed by atoms with Crippen LogP contribution >= 0.6 is 23.1 Å². The molecule has 2 aromatic heterocycles. The van der Waals surface area contributed by atoms with E-state index in [1.54, 1.807) is 13.2 Å². The Kier molecular flexibility index (Phi) is 4.97. The van der Waals surface area contributed by atoms with Gasteiger partial charge < -0.3 is 4.74 Å². The monoisotopic (exact) mass is 388 g/mol. The minimum Gasteiger partial charge on any atom is -0.497 e. The van der Waals surface area contributed by atoms with E-state index in [1.807, 2.05) is 18.4 Å². The van der Waals surface area contributed by atoms with Gasteiger partial charge in [0, 0.05) is 18.7 Å². The third-order valence-electron chi connectivity index (χ3n) is 4.66. The summed E-state index contributed by atoms with van der Waals surface area (Å²) in [6.45, 7) is 1.67. The Hall–Kier alpha value is -1.90. The molecule has 1 aromatic carbocycles. The Morgan fingerprint density at radius 3 is 3.08 bits per heavy atom. The number of hydrogen-bond donors (Lipinski definition) is 0. The van der Waals surface area contributed by atoms with Gasteiger partial charge in [0.2, 0.25) is 4.96 Å². The summed E-state index contributed by atoms with van der Waals surface area (Å²) in [5.74, 6) is 0.876. The van der Waals surface area contributed by atoms with Crippen molar-refractivity contribution in [2.24, 2.45) is 0 Å². The molecule has 0 amide bonds. The molecule has 0 aliphatic carbocycles. The molecule has 1 unspecified atom stereocenters. The smallest absolute Gasteiger partial charge is 0.275 e. The number of ether oxygens (including phenoxy) is 1. The molecule has 0 saturated carbocycles. The first-order valence-corrected chi connectivity index (χ1v) is 10.5. The van der Waals surface area contributed by atoms with Gasteiger partial charge in [-0.2, -0.15) is 4.52 Å². The van der Waals surface area contributed by atoms with Gasteiger partial charge in [0.05, 0.1) is 12.8 Å². The maximum Gasteiger partial charge on any atom is 0.275 e. The van der Waals surface area contributed by atoms with Crippen molar-refractivity contribution in [2.45, 2.75) is 29.8 Å². The molecule has 6 nitrogen and oxygen atoms in total. The molecule has 3 heterocycles. The summed E-state index contributed by atoms with van der Waals surface area (Å²) >= 11 is 2.98. The van der Waals surface area contributed by atoms with E-state index in [4.69, 9.17) is 4.74 Å². The Morgan fingerprint density at radius 2 is 2.27 bits per heavy atom. The molecule has 0 radical (unpaired) electrons. The van der Waals surface area contributed by atoms with E-state index in [0.717, 1.165) is 35.2 Å². The minimum atomic E-state index is -0.112. The van der Waals surface area contributed by atoms with Crippen molar-refractivity contribution in [3.8, 4) is 5.75 Å². The van der Waals surface area contributed by atoms with Gasteiger partial charge in [-0.05, 0) is 43.3 Å². The summed E-state index contributed by atoms with van der Waals surface area (Å²) in [5.41, 5.74) is 1.95. The van der Waals surface area contributed by atoms with Crippen molar-refractivity contribution in [3.63, 3.8) is 0 Å². The molecule has 8 heteroatoms. The Balaban J connectivity index is 1.61. The fourth-order valence-corrected chi connectivity index (χ4v) is 4.83. The topological polar surface area (TPSA) is 59.7 Å². The first kappa shape index (κ1) is 17.5. The minimum absolute atomic E-state index is 0.112. The van der Waals surface area contributed by atoms with Crippen LogP contribution in [0.15, 0.2) is 39.5 Å². The van der Waals surface area contributed by atoms with Gasteiger partial charge in [-0.15, -0.1) is 5.10 Å². The molecule has 1 saturated heterocycles. The molecular formula is C18H20N4O2S2. The number of benzene rings is 1. The van der Waals surface area contributed by atoms with Crippen molar-refractivity contribution in [2.75, 3.05) is 19.9 Å². The van der Waals surface area contributed by atoms with Crippen LogP contribution in [0, 0.1) is 0 Å². The van der Waals surface area contributed by atoms with Gasteiger partial charge >= 0.3 is 0 Å². The van der Waals surface area contributed by atoms with E-state index in [1.165, 1.54) is 33.2 Å². The van der Waals surface area contributed by atoms with Crippen LogP contribution in [0.2, 0.25) is 0 Å². The van der Waals surface area contributed by atoms with Crippen LogP contribution in [0.25, 0.3) is 4.96 Å². The van der Waals surface area contributed by atoms with Crippen molar-refractivity contribution in [1.82, 2.24) is 19.5 Å². The lowest BCUT2D eigenvalue weighted by molar-refractivity contribution is 0.245. The fraction of sp³-hybridized carbons (Fsp3) is 0.389. The van der Waals surface area contributed by atoms with Crippen molar-refractivity contribution >= 4 is 28.1 Å². The first-order valence-electron chi connectivity index (χ1n) is 8.50. The highest BCUT2D eigenvalue weighted by molar-refractivity contribution is 8.00. The number of fused-ring (bicyclic) bond motifs is 1. The van der Waals surface area contributed by atoms with E-state index in [-0.39, 0.29) is 5.56 Å². The summed E-state index contributed by atoms with van der Waals surface area (Å²) in [4.78, 5) is 20.1. The molecule has 3 aromatic rings. The highest BCUT2D eigenvalue weighted by Crippen LogP contribution is 2.34. The van der Waals surface area contributed by atoms with Gasteiger partial charge in [-0.25, -0.2) is 4.98 Å². The zero-order valence-corrected chi connectivity index (χ0v) is 16.3. The van der Waals surface area contributed by atoms with Crippen molar-refractivity contribution < 1.29 is 4.74 Å². The second-order valence-electron chi connectivity index (χ2n) is 6.26. The lowest BCUT2D eigenvalue weighted by Crippen LogP contribution is -2.25. The number of nitrogens with zero attached hydrogens (tertiary/aromatic N) is 4. The van der Waals surface area contributed by atoms with E-state index < -0.39 is 0 Å². The molecule has 136 valence electrons. The van der Waals surface area contributed by atoms with Gasteiger partial charge in [0.25, 0.3) is 5.56 Å². The van der Waals surface area contributed by atoms with E-state index in [2.05, 4.69) is 27.1 Å². The largest absolute Gasteiger partial charge is 0.497 e. The van der Waals surface area contributed by atoms with E-state index in [0.29, 0.717) is 17.5 Å². The molecule has 26 heavy (non-hydrogen) atoms. The SMILES string of the molecule is COc1cccc(C2CCCN2Cc2cc(=O)n3nc(SC)sc3n2)c1. The zero-order valence-electron chi connectivity index (χ0n) is 14.7. The number of likely N-dealkylation sites (tertiary alicyclic amines) is 1. The molecule has 0 N–H and O–H groups in total. The van der Waals surface area contributed by atoms with Gasteiger partial charge in [0.1, 0.15) is 5.75 Å². The lowest BCUT2D eigenvalue weighted by Gasteiger charge is -2.24. The zero-order chi connectivity index (χ0) is 18.1. The molecule has 1 atom stereocenters. The normalized spacial score (nSPS) is 17.8. The summed E-state index contributed by atoms with van der Waals surface area (Å²) in [5, 5.41) is 4.28. The fourth-order valence-electron chi connectivity index (χ4n) is 3.45. The highest BCUT2D eigenvalue weighted by Gasteiger charge is 2.27. The molecular weight excluding hydrogens is 368 g/mol. The second kappa shape index (κ2) is 7.38. The summed E-state index contributed by atoms with van der Waals surface area (Å²) in [6, 6.07) is 10.2. The van der Waals surface area contributed by atoms with Crippen molar-refractivity contribution in [1.29, 1.82) is 0 Å². The van der Waals surface area contributed by atoms with Gasteiger partial charge in [-0.1, -0.05) is 35.2 Å². The summed E-state index contributed by atoms with van der Waals surface area (Å²) in [6.07, 6.45) is 4.19. The maximum absolute atomic E-state index is 12.4. The van der Waals surface area contributed by atoms with Crippen LogP contribution in [0.4, 0.5) is 0 Å². The van der Waals surface area contributed by atoms with Crippen LogP contribution in [-0.2, 0) is 6.54 Å². The maximum atomic E-state index is 12.4. The van der Waals surface area contributed by atoms with E-state index in [9.17, 15) is 4.79 Å². The average molecular weight is 389 g/mol. The lowest BCUT2D eigenvalue weighted by atomic mass is 10.0. The number of rotatable bonds is 5. The summed E-state index contributed by atoms with van der Waals surface area (Å²) in [7, 11) is 1.69. The van der Waals surface area contributed by atoms with Gasteiger partial charge in [0.15, 0.2) is 4.34 Å². The molecule has 0 bridgehead atoms.